The summed E-state index contributed by atoms with van der Waals surface area (Å²) in [6.45, 7) is 4.69. The standard InChI is InChI=1S/C24H37N3O3/c1-16-11-13-27(14-12-16)21-20(22(28)23(21)29)25-15-17-7-9-18(10-8-17)24(30)26-19-5-3-2-4-6-19/h16-19,25H,2-15H2,1H3,(H,26,30). The van der Waals surface area contributed by atoms with Gasteiger partial charge in [-0.15, -0.1) is 0 Å². The van der Waals surface area contributed by atoms with Crippen LogP contribution in [0, 0.1) is 17.8 Å². The van der Waals surface area contributed by atoms with Crippen molar-refractivity contribution in [1.82, 2.24) is 5.32 Å². The van der Waals surface area contributed by atoms with Gasteiger partial charge in [-0.1, -0.05) is 26.2 Å². The van der Waals surface area contributed by atoms with Crippen LogP contribution in [-0.2, 0) is 4.79 Å². The largest absolute Gasteiger partial charge is 0.380 e. The maximum absolute atomic E-state index is 12.6. The number of rotatable bonds is 6. The zero-order chi connectivity index (χ0) is 21.1. The molecule has 2 aliphatic carbocycles. The molecule has 1 heterocycles. The number of nitrogens with zero attached hydrogens (tertiary/aromatic N) is 1. The van der Waals surface area contributed by atoms with Gasteiger partial charge in [-0.25, -0.2) is 0 Å². The number of carbonyl (C=O) groups is 1. The summed E-state index contributed by atoms with van der Waals surface area (Å²) < 4.78 is 0. The molecule has 30 heavy (non-hydrogen) atoms. The molecule has 2 N–H and O–H groups in total. The summed E-state index contributed by atoms with van der Waals surface area (Å²) in [5.74, 6) is 1.54. The van der Waals surface area contributed by atoms with E-state index < -0.39 is 0 Å². The lowest BCUT2D eigenvalue weighted by molar-refractivity contribution is -0.127. The van der Waals surface area contributed by atoms with Crippen LogP contribution in [0.3, 0.4) is 0 Å². The average Bonchev–Trinajstić information content (AvgIpc) is 2.78. The van der Waals surface area contributed by atoms with Gasteiger partial charge in [-0.2, -0.15) is 0 Å². The SMILES string of the molecule is CC1CCN(c2c(NCC3CCC(C(=O)NC4CCCCC4)CC3)c(=O)c2=O)CC1. The lowest BCUT2D eigenvalue weighted by Crippen LogP contribution is -2.46. The van der Waals surface area contributed by atoms with E-state index in [1.165, 1.54) is 19.3 Å². The van der Waals surface area contributed by atoms with E-state index in [1.807, 2.05) is 0 Å². The molecule has 0 spiro atoms. The molecule has 1 aromatic rings. The van der Waals surface area contributed by atoms with Gasteiger partial charge in [-0.3, -0.25) is 14.4 Å². The van der Waals surface area contributed by atoms with E-state index in [-0.39, 0.29) is 22.7 Å². The second-order valence-electron chi connectivity index (χ2n) is 9.99. The summed E-state index contributed by atoms with van der Waals surface area (Å²) in [6.07, 6.45) is 12.0. The van der Waals surface area contributed by atoms with Crippen molar-refractivity contribution in [2.75, 3.05) is 29.9 Å². The van der Waals surface area contributed by atoms with Crippen molar-refractivity contribution in [3.63, 3.8) is 0 Å². The van der Waals surface area contributed by atoms with Gasteiger partial charge in [0.05, 0.1) is 0 Å². The first-order valence-electron chi connectivity index (χ1n) is 12.2. The molecule has 0 bridgehead atoms. The van der Waals surface area contributed by atoms with Gasteiger partial charge in [0.1, 0.15) is 11.4 Å². The minimum Gasteiger partial charge on any atom is -0.380 e. The molecule has 3 aliphatic rings. The zero-order valence-electron chi connectivity index (χ0n) is 18.4. The summed E-state index contributed by atoms with van der Waals surface area (Å²) in [7, 11) is 0. The van der Waals surface area contributed by atoms with Crippen molar-refractivity contribution in [1.29, 1.82) is 0 Å². The Bertz CT molecular complexity index is 791. The number of hydrogen-bond acceptors (Lipinski definition) is 5. The topological polar surface area (TPSA) is 78.5 Å². The molecular formula is C24H37N3O3. The highest BCUT2D eigenvalue weighted by molar-refractivity contribution is 5.79. The maximum atomic E-state index is 12.6. The van der Waals surface area contributed by atoms with Crippen molar-refractivity contribution in [2.24, 2.45) is 17.8 Å². The summed E-state index contributed by atoms with van der Waals surface area (Å²) >= 11 is 0. The van der Waals surface area contributed by atoms with Gasteiger partial charge in [-0.05, 0) is 63.2 Å². The van der Waals surface area contributed by atoms with Gasteiger partial charge in [0.25, 0.3) is 10.9 Å². The van der Waals surface area contributed by atoms with Gasteiger partial charge in [0.2, 0.25) is 5.91 Å². The smallest absolute Gasteiger partial charge is 0.253 e. The third-order valence-corrected chi connectivity index (χ3v) is 7.72. The second kappa shape index (κ2) is 9.52. The predicted octanol–water partition coefficient (Wildman–Crippen LogP) is 3.19. The molecule has 6 nitrogen and oxygen atoms in total. The van der Waals surface area contributed by atoms with Crippen molar-refractivity contribution in [3.8, 4) is 0 Å². The van der Waals surface area contributed by atoms with Gasteiger partial charge in [0.15, 0.2) is 0 Å². The number of piperidine rings is 1. The fourth-order valence-corrected chi connectivity index (χ4v) is 5.52. The molecule has 1 saturated heterocycles. The molecule has 4 rings (SSSR count). The quantitative estimate of drug-likeness (QED) is 0.698. The minimum atomic E-state index is -0.357. The van der Waals surface area contributed by atoms with Crippen LogP contribution in [0.5, 0.6) is 0 Å². The van der Waals surface area contributed by atoms with E-state index in [2.05, 4.69) is 22.5 Å². The minimum absolute atomic E-state index is 0.139. The van der Waals surface area contributed by atoms with Crippen LogP contribution >= 0.6 is 0 Å². The lowest BCUT2D eigenvalue weighted by atomic mass is 9.81. The van der Waals surface area contributed by atoms with E-state index in [0.29, 0.717) is 29.3 Å². The number of amides is 1. The number of hydrogen-bond donors (Lipinski definition) is 2. The lowest BCUT2D eigenvalue weighted by Gasteiger charge is -2.34. The molecule has 0 aromatic heterocycles. The highest BCUT2D eigenvalue weighted by Crippen LogP contribution is 2.31. The zero-order valence-corrected chi connectivity index (χ0v) is 18.4. The molecule has 0 unspecified atom stereocenters. The Labute approximate surface area is 179 Å². The van der Waals surface area contributed by atoms with Crippen LogP contribution < -0.4 is 26.4 Å². The van der Waals surface area contributed by atoms with E-state index in [9.17, 15) is 14.4 Å². The molecule has 3 fully saturated rings. The predicted molar refractivity (Wildman–Crippen MR) is 121 cm³/mol. The van der Waals surface area contributed by atoms with E-state index in [4.69, 9.17) is 0 Å². The van der Waals surface area contributed by atoms with Crippen LogP contribution in [0.1, 0.15) is 77.6 Å². The Morgan fingerprint density at radius 3 is 2.23 bits per heavy atom. The molecule has 0 radical (unpaired) electrons. The summed E-state index contributed by atoms with van der Waals surface area (Å²) in [5, 5.41) is 6.58. The third-order valence-electron chi connectivity index (χ3n) is 7.72. The number of anilines is 2. The van der Waals surface area contributed by atoms with Crippen LogP contribution in [0.25, 0.3) is 0 Å². The van der Waals surface area contributed by atoms with E-state index in [1.54, 1.807) is 0 Å². The molecule has 1 aromatic carbocycles. The Kier molecular flexibility index (Phi) is 6.79. The van der Waals surface area contributed by atoms with E-state index >= 15 is 0 Å². The summed E-state index contributed by atoms with van der Waals surface area (Å²) in [4.78, 5) is 39.0. The molecule has 2 saturated carbocycles. The van der Waals surface area contributed by atoms with Crippen molar-refractivity contribution < 1.29 is 4.79 Å². The third kappa shape index (κ3) is 4.73. The molecule has 166 valence electrons. The van der Waals surface area contributed by atoms with E-state index in [0.717, 1.165) is 71.0 Å². The molecular weight excluding hydrogens is 378 g/mol. The Morgan fingerprint density at radius 1 is 0.900 bits per heavy atom. The van der Waals surface area contributed by atoms with Crippen molar-refractivity contribution >= 4 is 17.3 Å². The fourth-order valence-electron chi connectivity index (χ4n) is 5.52. The normalized spacial score (nSPS) is 26.6. The highest BCUT2D eigenvalue weighted by Gasteiger charge is 2.31. The first-order valence-corrected chi connectivity index (χ1v) is 12.2. The van der Waals surface area contributed by atoms with Crippen LogP contribution in [-0.4, -0.2) is 31.6 Å². The van der Waals surface area contributed by atoms with Crippen LogP contribution in [0.2, 0.25) is 0 Å². The Hall–Kier alpha value is -1.85. The fraction of sp³-hybridized carbons (Fsp3) is 0.792. The summed E-state index contributed by atoms with van der Waals surface area (Å²) in [6, 6.07) is 0.385. The average molecular weight is 416 g/mol. The maximum Gasteiger partial charge on any atom is 0.253 e. The summed E-state index contributed by atoms with van der Waals surface area (Å²) in [5.41, 5.74) is 0.471. The van der Waals surface area contributed by atoms with Crippen LogP contribution in [0.15, 0.2) is 9.59 Å². The number of carbonyl (C=O) groups excluding carboxylic acids is 1. The van der Waals surface area contributed by atoms with Crippen molar-refractivity contribution in [3.05, 3.63) is 20.4 Å². The van der Waals surface area contributed by atoms with Crippen LogP contribution in [0.4, 0.5) is 11.4 Å². The Balaban J connectivity index is 1.23. The first-order chi connectivity index (χ1) is 14.5. The van der Waals surface area contributed by atoms with Gasteiger partial charge >= 0.3 is 0 Å². The van der Waals surface area contributed by atoms with Crippen molar-refractivity contribution in [2.45, 2.75) is 83.6 Å². The Morgan fingerprint density at radius 2 is 1.57 bits per heavy atom. The first kappa shape index (κ1) is 21.4. The molecule has 0 atom stereocenters. The molecule has 1 aliphatic heterocycles. The second-order valence-corrected chi connectivity index (χ2v) is 9.99. The molecule has 6 heteroatoms. The number of nitrogens with one attached hydrogen (secondary N) is 2. The monoisotopic (exact) mass is 415 g/mol. The van der Waals surface area contributed by atoms with Gasteiger partial charge in [0, 0.05) is 31.6 Å². The van der Waals surface area contributed by atoms with Gasteiger partial charge < -0.3 is 15.5 Å². The highest BCUT2D eigenvalue weighted by atomic mass is 16.2. The molecule has 1 amide bonds.